The van der Waals surface area contributed by atoms with Crippen molar-refractivity contribution in [2.24, 2.45) is 0 Å². The summed E-state index contributed by atoms with van der Waals surface area (Å²) in [4.78, 5) is 7.01. The van der Waals surface area contributed by atoms with E-state index in [4.69, 9.17) is 10.5 Å². The normalized spacial score (nSPS) is 11.4. The first-order valence-corrected chi connectivity index (χ1v) is 7.40. The molecular weight excluding hydrogens is 270 g/mol. The minimum atomic E-state index is -0.315. The van der Waals surface area contributed by atoms with E-state index in [0.29, 0.717) is 11.6 Å². The van der Waals surface area contributed by atoms with Crippen molar-refractivity contribution in [2.45, 2.75) is 39.8 Å². The zero-order valence-electron chi connectivity index (χ0n) is 12.4. The highest BCUT2D eigenvalue weighted by atomic mass is 32.1. The monoisotopic (exact) mass is 291 g/mol. The van der Waals surface area contributed by atoms with Gasteiger partial charge in [0.15, 0.2) is 0 Å². The van der Waals surface area contributed by atoms with Gasteiger partial charge in [0.05, 0.1) is 12.2 Å². The fourth-order valence-electron chi connectivity index (χ4n) is 1.68. The third-order valence-electron chi connectivity index (χ3n) is 2.53. The molecule has 0 bridgehead atoms. The number of hydrogen-bond donors (Lipinski definition) is 2. The molecule has 2 aromatic heterocycles. The van der Waals surface area contributed by atoms with Gasteiger partial charge in [-0.1, -0.05) is 0 Å². The SMILES string of the molecule is Cc1ccc(CNc2ccc(N)c(OC(C)(C)C)n2)s1. The van der Waals surface area contributed by atoms with Gasteiger partial charge in [0.25, 0.3) is 0 Å². The molecular formula is C15H21N3OS. The van der Waals surface area contributed by atoms with Gasteiger partial charge < -0.3 is 15.8 Å². The van der Waals surface area contributed by atoms with Crippen molar-refractivity contribution >= 4 is 22.8 Å². The van der Waals surface area contributed by atoms with E-state index in [-0.39, 0.29) is 5.60 Å². The molecule has 4 nitrogen and oxygen atoms in total. The molecule has 2 aromatic rings. The van der Waals surface area contributed by atoms with Gasteiger partial charge in [0.1, 0.15) is 11.4 Å². The number of thiophene rings is 1. The van der Waals surface area contributed by atoms with Crippen LogP contribution in [0.25, 0.3) is 0 Å². The van der Waals surface area contributed by atoms with E-state index >= 15 is 0 Å². The molecule has 0 aliphatic rings. The highest BCUT2D eigenvalue weighted by molar-refractivity contribution is 7.11. The molecule has 0 radical (unpaired) electrons. The van der Waals surface area contributed by atoms with Gasteiger partial charge in [-0.15, -0.1) is 11.3 Å². The molecule has 0 fully saturated rings. The lowest BCUT2D eigenvalue weighted by Gasteiger charge is -2.21. The number of pyridine rings is 1. The maximum absolute atomic E-state index is 5.89. The zero-order valence-corrected chi connectivity index (χ0v) is 13.2. The minimum Gasteiger partial charge on any atom is -0.470 e. The van der Waals surface area contributed by atoms with Crippen molar-refractivity contribution < 1.29 is 4.74 Å². The molecule has 2 rings (SSSR count). The summed E-state index contributed by atoms with van der Waals surface area (Å²) in [5.74, 6) is 1.24. The van der Waals surface area contributed by atoms with Crippen LogP contribution in [0.3, 0.4) is 0 Å². The molecule has 2 heterocycles. The molecule has 0 saturated carbocycles. The average Bonchev–Trinajstić information content (AvgIpc) is 2.74. The number of hydrogen-bond acceptors (Lipinski definition) is 5. The molecule has 0 spiro atoms. The predicted octanol–water partition coefficient (Wildman–Crippen LogP) is 3.82. The van der Waals surface area contributed by atoms with Crippen LogP contribution in [0.1, 0.15) is 30.5 Å². The van der Waals surface area contributed by atoms with Crippen LogP contribution in [0.2, 0.25) is 0 Å². The van der Waals surface area contributed by atoms with Crippen molar-refractivity contribution in [3.05, 3.63) is 34.0 Å². The molecule has 3 N–H and O–H groups in total. The Morgan fingerprint density at radius 1 is 1.25 bits per heavy atom. The summed E-state index contributed by atoms with van der Waals surface area (Å²) in [6, 6.07) is 7.92. The Balaban J connectivity index is 2.07. The lowest BCUT2D eigenvalue weighted by Crippen LogP contribution is -2.24. The Hall–Kier alpha value is -1.75. The molecule has 0 aliphatic heterocycles. The topological polar surface area (TPSA) is 60.2 Å². The quantitative estimate of drug-likeness (QED) is 0.899. The number of nitrogens with zero attached hydrogens (tertiary/aromatic N) is 1. The van der Waals surface area contributed by atoms with Crippen LogP contribution < -0.4 is 15.8 Å². The zero-order chi connectivity index (χ0) is 14.8. The van der Waals surface area contributed by atoms with E-state index in [0.717, 1.165) is 12.4 Å². The van der Waals surface area contributed by atoms with Gasteiger partial charge in [-0.2, -0.15) is 4.98 Å². The number of nitrogen functional groups attached to an aromatic ring is 1. The summed E-state index contributed by atoms with van der Waals surface area (Å²) in [7, 11) is 0. The summed E-state index contributed by atoms with van der Waals surface area (Å²) in [6.07, 6.45) is 0. The van der Waals surface area contributed by atoms with E-state index in [1.54, 1.807) is 11.3 Å². The second kappa shape index (κ2) is 5.71. The van der Waals surface area contributed by atoms with Crippen LogP contribution in [0.15, 0.2) is 24.3 Å². The van der Waals surface area contributed by atoms with E-state index in [1.165, 1.54) is 9.75 Å². The molecule has 108 valence electrons. The van der Waals surface area contributed by atoms with Crippen LogP contribution in [0.4, 0.5) is 11.5 Å². The summed E-state index contributed by atoms with van der Waals surface area (Å²) in [6.45, 7) is 8.78. The van der Waals surface area contributed by atoms with Crippen molar-refractivity contribution in [3.63, 3.8) is 0 Å². The molecule has 0 saturated heterocycles. The third-order valence-corrected chi connectivity index (χ3v) is 3.53. The first-order valence-electron chi connectivity index (χ1n) is 6.58. The Morgan fingerprint density at radius 3 is 2.60 bits per heavy atom. The van der Waals surface area contributed by atoms with Crippen LogP contribution >= 0.6 is 11.3 Å². The average molecular weight is 291 g/mol. The second-order valence-electron chi connectivity index (χ2n) is 5.67. The Bertz CT molecular complexity index is 587. The van der Waals surface area contributed by atoms with E-state index in [2.05, 4.69) is 29.4 Å². The first kappa shape index (κ1) is 14.7. The Labute approximate surface area is 124 Å². The van der Waals surface area contributed by atoms with Gasteiger partial charge in [0.2, 0.25) is 5.88 Å². The summed E-state index contributed by atoms with van der Waals surface area (Å²) < 4.78 is 5.76. The standard InChI is InChI=1S/C15H21N3OS/c1-10-5-6-11(20-10)9-17-13-8-7-12(16)14(18-13)19-15(2,3)4/h5-8H,9,16H2,1-4H3,(H,17,18). The van der Waals surface area contributed by atoms with Gasteiger partial charge in [-0.3, -0.25) is 0 Å². The fraction of sp³-hybridized carbons (Fsp3) is 0.400. The Kier molecular flexibility index (Phi) is 4.18. The highest BCUT2D eigenvalue weighted by Crippen LogP contribution is 2.25. The lowest BCUT2D eigenvalue weighted by molar-refractivity contribution is 0.125. The number of anilines is 2. The predicted molar refractivity (Wildman–Crippen MR) is 85.4 cm³/mol. The molecule has 0 unspecified atom stereocenters. The Morgan fingerprint density at radius 2 is 2.00 bits per heavy atom. The van der Waals surface area contributed by atoms with E-state index < -0.39 is 0 Å². The summed E-state index contributed by atoms with van der Waals surface area (Å²) >= 11 is 1.78. The van der Waals surface area contributed by atoms with Crippen LogP contribution in [-0.2, 0) is 6.54 Å². The molecule has 0 aliphatic carbocycles. The second-order valence-corrected chi connectivity index (χ2v) is 7.04. The number of rotatable bonds is 4. The molecule has 5 heteroatoms. The van der Waals surface area contributed by atoms with Gasteiger partial charge in [-0.05, 0) is 52.0 Å². The fourth-order valence-corrected chi connectivity index (χ4v) is 2.51. The lowest BCUT2D eigenvalue weighted by atomic mass is 10.2. The van der Waals surface area contributed by atoms with Gasteiger partial charge >= 0.3 is 0 Å². The van der Waals surface area contributed by atoms with Crippen molar-refractivity contribution in [2.75, 3.05) is 11.1 Å². The first-order chi connectivity index (χ1) is 9.33. The maximum atomic E-state index is 5.89. The van der Waals surface area contributed by atoms with E-state index in [9.17, 15) is 0 Å². The van der Waals surface area contributed by atoms with Gasteiger partial charge in [0, 0.05) is 9.75 Å². The molecule has 0 atom stereocenters. The highest BCUT2D eigenvalue weighted by Gasteiger charge is 2.15. The van der Waals surface area contributed by atoms with Crippen molar-refractivity contribution in [1.82, 2.24) is 4.98 Å². The maximum Gasteiger partial charge on any atom is 0.239 e. The van der Waals surface area contributed by atoms with Crippen LogP contribution in [0.5, 0.6) is 5.88 Å². The summed E-state index contributed by atoms with van der Waals surface area (Å²) in [5, 5.41) is 3.29. The van der Waals surface area contributed by atoms with Crippen molar-refractivity contribution in [3.8, 4) is 5.88 Å². The molecule has 20 heavy (non-hydrogen) atoms. The van der Waals surface area contributed by atoms with E-state index in [1.807, 2.05) is 32.9 Å². The number of nitrogens with two attached hydrogens (primary N) is 1. The van der Waals surface area contributed by atoms with Gasteiger partial charge in [-0.25, -0.2) is 0 Å². The van der Waals surface area contributed by atoms with Crippen molar-refractivity contribution in [1.29, 1.82) is 0 Å². The number of aryl methyl sites for hydroxylation is 1. The number of aromatic nitrogens is 1. The molecule has 0 amide bonds. The largest absolute Gasteiger partial charge is 0.470 e. The van der Waals surface area contributed by atoms with Crippen LogP contribution in [0, 0.1) is 6.92 Å². The smallest absolute Gasteiger partial charge is 0.239 e. The summed E-state index contributed by atoms with van der Waals surface area (Å²) in [5.41, 5.74) is 6.13. The molecule has 0 aromatic carbocycles. The number of ether oxygens (including phenoxy) is 1. The third kappa shape index (κ3) is 4.13. The minimum absolute atomic E-state index is 0.315. The number of nitrogens with one attached hydrogen (secondary N) is 1. The van der Waals surface area contributed by atoms with Crippen LogP contribution in [-0.4, -0.2) is 10.6 Å².